The molecule has 0 aliphatic rings. The van der Waals surface area contributed by atoms with Gasteiger partial charge in [0.1, 0.15) is 0 Å². The third-order valence-corrected chi connectivity index (χ3v) is 3.51. The molecule has 0 fully saturated rings. The molecule has 1 rings (SSSR count). The molecule has 0 spiro atoms. The first-order chi connectivity index (χ1) is 7.27. The highest BCUT2D eigenvalue weighted by Gasteiger charge is 2.09. The second-order valence-electron chi connectivity index (χ2n) is 3.95. The molecule has 2 heteroatoms. The lowest BCUT2D eigenvalue weighted by molar-refractivity contribution is 0.569. The van der Waals surface area contributed by atoms with Gasteiger partial charge < -0.3 is 4.90 Å². The van der Waals surface area contributed by atoms with Gasteiger partial charge in [-0.2, -0.15) is 11.8 Å². The number of hydrogen-bond donors (Lipinski definition) is 0. The number of thioether (sulfide) groups is 1. The summed E-state index contributed by atoms with van der Waals surface area (Å²) in [7, 11) is 2.18. The quantitative estimate of drug-likeness (QED) is 0.726. The summed E-state index contributed by atoms with van der Waals surface area (Å²) in [5, 5.41) is 0. The molecule has 0 aliphatic heterocycles. The van der Waals surface area contributed by atoms with Crippen molar-refractivity contribution >= 4 is 17.4 Å². The van der Waals surface area contributed by atoms with Gasteiger partial charge in [-0.05, 0) is 30.1 Å². The van der Waals surface area contributed by atoms with E-state index in [0.717, 1.165) is 12.5 Å². The topological polar surface area (TPSA) is 3.24 Å². The van der Waals surface area contributed by atoms with Crippen molar-refractivity contribution in [1.82, 2.24) is 0 Å². The van der Waals surface area contributed by atoms with E-state index in [0.29, 0.717) is 0 Å². The van der Waals surface area contributed by atoms with Gasteiger partial charge in [-0.15, -0.1) is 0 Å². The molecule has 1 aromatic rings. The minimum atomic E-state index is 0.796. The summed E-state index contributed by atoms with van der Waals surface area (Å²) in [5.41, 5.74) is 1.32. The van der Waals surface area contributed by atoms with Crippen LogP contribution in [0.5, 0.6) is 0 Å². The highest BCUT2D eigenvalue weighted by Crippen LogP contribution is 2.16. The van der Waals surface area contributed by atoms with Crippen LogP contribution in [0.15, 0.2) is 30.3 Å². The Labute approximate surface area is 97.9 Å². The van der Waals surface area contributed by atoms with Gasteiger partial charge in [-0.3, -0.25) is 0 Å². The summed E-state index contributed by atoms with van der Waals surface area (Å²) in [5.74, 6) is 2.05. The highest BCUT2D eigenvalue weighted by atomic mass is 32.2. The van der Waals surface area contributed by atoms with Crippen molar-refractivity contribution < 1.29 is 0 Å². The molecule has 15 heavy (non-hydrogen) atoms. The van der Waals surface area contributed by atoms with Gasteiger partial charge in [0, 0.05) is 19.3 Å². The van der Waals surface area contributed by atoms with E-state index >= 15 is 0 Å². The van der Waals surface area contributed by atoms with Crippen LogP contribution in [-0.2, 0) is 0 Å². The van der Waals surface area contributed by atoms with E-state index in [1.54, 1.807) is 0 Å². The SMILES string of the molecule is CC[C@@H](CSC)CN(C)c1ccccc1. The van der Waals surface area contributed by atoms with E-state index in [-0.39, 0.29) is 0 Å². The molecule has 0 aromatic heterocycles. The van der Waals surface area contributed by atoms with E-state index < -0.39 is 0 Å². The Morgan fingerprint density at radius 2 is 1.93 bits per heavy atom. The molecular weight excluding hydrogens is 202 g/mol. The van der Waals surface area contributed by atoms with Gasteiger partial charge in [0.25, 0.3) is 0 Å². The molecule has 0 aliphatic carbocycles. The first-order valence-corrected chi connectivity index (χ1v) is 6.92. The first kappa shape index (κ1) is 12.4. The molecule has 84 valence electrons. The fourth-order valence-corrected chi connectivity index (χ4v) is 2.52. The van der Waals surface area contributed by atoms with Crippen LogP contribution in [0, 0.1) is 5.92 Å². The summed E-state index contributed by atoms with van der Waals surface area (Å²) in [6, 6.07) is 10.6. The van der Waals surface area contributed by atoms with Crippen LogP contribution in [0.1, 0.15) is 13.3 Å². The third kappa shape index (κ3) is 4.17. The Morgan fingerprint density at radius 3 is 2.47 bits per heavy atom. The summed E-state index contributed by atoms with van der Waals surface area (Å²) in [4.78, 5) is 2.35. The molecular formula is C13H21NS. The Kier molecular flexibility index (Phi) is 5.62. The van der Waals surface area contributed by atoms with Crippen molar-refractivity contribution in [2.75, 3.05) is 30.5 Å². The maximum absolute atomic E-state index is 2.35. The fourth-order valence-electron chi connectivity index (χ4n) is 1.71. The Morgan fingerprint density at radius 1 is 1.27 bits per heavy atom. The largest absolute Gasteiger partial charge is 0.374 e. The van der Waals surface area contributed by atoms with Gasteiger partial charge >= 0.3 is 0 Å². The predicted octanol–water partition coefficient (Wildman–Crippen LogP) is 3.51. The van der Waals surface area contributed by atoms with Crippen molar-refractivity contribution in [3.8, 4) is 0 Å². The molecule has 0 radical (unpaired) electrons. The van der Waals surface area contributed by atoms with E-state index in [4.69, 9.17) is 0 Å². The van der Waals surface area contributed by atoms with Gasteiger partial charge in [0.05, 0.1) is 0 Å². The second-order valence-corrected chi connectivity index (χ2v) is 4.86. The van der Waals surface area contributed by atoms with Crippen molar-refractivity contribution in [2.24, 2.45) is 5.92 Å². The first-order valence-electron chi connectivity index (χ1n) is 5.53. The summed E-state index contributed by atoms with van der Waals surface area (Å²) in [6.45, 7) is 3.43. The van der Waals surface area contributed by atoms with Crippen LogP contribution < -0.4 is 4.90 Å². The Balaban J connectivity index is 2.50. The van der Waals surface area contributed by atoms with E-state index in [1.165, 1.54) is 17.9 Å². The number of benzene rings is 1. The Bertz CT molecular complexity index is 260. The monoisotopic (exact) mass is 223 g/mol. The molecule has 0 amide bonds. The zero-order valence-electron chi connectivity index (χ0n) is 9.94. The molecule has 0 N–H and O–H groups in total. The molecule has 1 aromatic carbocycles. The standard InChI is InChI=1S/C13H21NS/c1-4-12(11-15-3)10-14(2)13-8-6-5-7-9-13/h5-9,12H,4,10-11H2,1-3H3/t12-/m1/s1. The van der Waals surface area contributed by atoms with Crippen molar-refractivity contribution in [3.63, 3.8) is 0 Å². The zero-order valence-corrected chi connectivity index (χ0v) is 10.8. The molecule has 0 saturated carbocycles. The van der Waals surface area contributed by atoms with Crippen LogP contribution in [0.2, 0.25) is 0 Å². The summed E-state index contributed by atoms with van der Waals surface area (Å²) in [6.07, 6.45) is 3.45. The zero-order chi connectivity index (χ0) is 11.1. The predicted molar refractivity (Wildman–Crippen MR) is 71.9 cm³/mol. The molecule has 0 bridgehead atoms. The maximum Gasteiger partial charge on any atom is 0.0363 e. The van der Waals surface area contributed by atoms with Crippen LogP contribution in [-0.4, -0.2) is 25.6 Å². The van der Waals surface area contributed by atoms with E-state index in [9.17, 15) is 0 Å². The Hall–Kier alpha value is -0.630. The van der Waals surface area contributed by atoms with Crippen LogP contribution in [0.4, 0.5) is 5.69 Å². The van der Waals surface area contributed by atoms with Gasteiger partial charge in [0.2, 0.25) is 0 Å². The number of para-hydroxylation sites is 1. The lowest BCUT2D eigenvalue weighted by Gasteiger charge is -2.24. The van der Waals surface area contributed by atoms with Crippen molar-refractivity contribution in [1.29, 1.82) is 0 Å². The lowest BCUT2D eigenvalue weighted by atomic mass is 10.1. The normalized spacial score (nSPS) is 12.5. The lowest BCUT2D eigenvalue weighted by Crippen LogP contribution is -2.26. The highest BCUT2D eigenvalue weighted by molar-refractivity contribution is 7.98. The van der Waals surface area contributed by atoms with Gasteiger partial charge in [0.15, 0.2) is 0 Å². The van der Waals surface area contributed by atoms with Gasteiger partial charge in [-0.25, -0.2) is 0 Å². The van der Waals surface area contributed by atoms with Crippen LogP contribution >= 0.6 is 11.8 Å². The number of rotatable bonds is 6. The van der Waals surface area contributed by atoms with Crippen molar-refractivity contribution in [3.05, 3.63) is 30.3 Å². The van der Waals surface area contributed by atoms with Crippen LogP contribution in [0.3, 0.4) is 0 Å². The fraction of sp³-hybridized carbons (Fsp3) is 0.538. The maximum atomic E-state index is 2.35. The average molecular weight is 223 g/mol. The van der Waals surface area contributed by atoms with Crippen molar-refractivity contribution in [2.45, 2.75) is 13.3 Å². The van der Waals surface area contributed by atoms with E-state index in [1.807, 2.05) is 11.8 Å². The number of nitrogens with zero attached hydrogens (tertiary/aromatic N) is 1. The van der Waals surface area contributed by atoms with E-state index in [2.05, 4.69) is 55.5 Å². The third-order valence-electron chi connectivity index (χ3n) is 2.71. The number of hydrogen-bond acceptors (Lipinski definition) is 2. The smallest absolute Gasteiger partial charge is 0.0363 e. The number of anilines is 1. The molecule has 1 atom stereocenters. The summed E-state index contributed by atoms with van der Waals surface area (Å²) < 4.78 is 0. The second kappa shape index (κ2) is 6.78. The summed E-state index contributed by atoms with van der Waals surface area (Å²) >= 11 is 1.94. The molecule has 0 unspecified atom stereocenters. The average Bonchev–Trinajstić information content (AvgIpc) is 2.29. The molecule has 0 heterocycles. The minimum Gasteiger partial charge on any atom is -0.374 e. The van der Waals surface area contributed by atoms with Gasteiger partial charge in [-0.1, -0.05) is 31.5 Å². The van der Waals surface area contributed by atoms with Crippen LogP contribution in [0.25, 0.3) is 0 Å². The molecule has 1 nitrogen and oxygen atoms in total. The minimum absolute atomic E-state index is 0.796. The molecule has 0 saturated heterocycles.